The van der Waals surface area contributed by atoms with E-state index >= 15 is 0 Å². The van der Waals surface area contributed by atoms with Gasteiger partial charge >= 0.3 is 5.97 Å². The van der Waals surface area contributed by atoms with Gasteiger partial charge in [0.05, 0.1) is 34.5 Å². The third kappa shape index (κ3) is 3.68. The van der Waals surface area contributed by atoms with E-state index in [9.17, 15) is 9.90 Å². The molecule has 23 heavy (non-hydrogen) atoms. The number of benzene rings is 1. The molecule has 7 nitrogen and oxygen atoms in total. The standard InChI is InChI=1S/C16H23NO6/c1-20-13-7-15(22-3)14(21-2)5-10(13)8-17-9-11(18)6-12(17)16(19)23-4/h5,7,11-12,18H,6,8-9H2,1-4H3. The fourth-order valence-electron chi connectivity index (χ4n) is 2.87. The maximum Gasteiger partial charge on any atom is 0.323 e. The van der Waals surface area contributed by atoms with Crippen molar-refractivity contribution >= 4 is 5.97 Å². The molecule has 0 saturated carbocycles. The molecule has 0 aromatic heterocycles. The number of esters is 1. The molecule has 1 aliphatic rings. The van der Waals surface area contributed by atoms with E-state index in [1.54, 1.807) is 27.4 Å². The first-order chi connectivity index (χ1) is 11.0. The number of carbonyl (C=O) groups excluding carboxylic acids is 1. The molecule has 1 aliphatic heterocycles. The van der Waals surface area contributed by atoms with Gasteiger partial charge in [0.2, 0.25) is 0 Å². The Balaban J connectivity index is 2.29. The number of aliphatic hydroxyl groups is 1. The summed E-state index contributed by atoms with van der Waals surface area (Å²) in [5.74, 6) is 1.44. The average Bonchev–Trinajstić information content (AvgIpc) is 2.93. The molecule has 1 N–H and O–H groups in total. The topological polar surface area (TPSA) is 77.5 Å². The number of aliphatic hydroxyl groups excluding tert-OH is 1. The monoisotopic (exact) mass is 325 g/mol. The van der Waals surface area contributed by atoms with E-state index in [0.717, 1.165) is 5.56 Å². The summed E-state index contributed by atoms with van der Waals surface area (Å²) in [6, 6.07) is 3.10. The summed E-state index contributed by atoms with van der Waals surface area (Å²) in [5, 5.41) is 9.88. The molecule has 0 radical (unpaired) electrons. The highest BCUT2D eigenvalue weighted by Crippen LogP contribution is 2.36. The number of methoxy groups -OCH3 is 4. The van der Waals surface area contributed by atoms with E-state index in [2.05, 4.69) is 0 Å². The zero-order valence-corrected chi connectivity index (χ0v) is 13.9. The van der Waals surface area contributed by atoms with Gasteiger partial charge in [-0.2, -0.15) is 0 Å². The van der Waals surface area contributed by atoms with Crippen molar-refractivity contribution in [3.05, 3.63) is 17.7 Å². The van der Waals surface area contributed by atoms with Crippen molar-refractivity contribution in [2.24, 2.45) is 0 Å². The molecule has 0 aliphatic carbocycles. The molecule has 2 atom stereocenters. The minimum atomic E-state index is -0.551. The number of hydrogen-bond acceptors (Lipinski definition) is 7. The van der Waals surface area contributed by atoms with E-state index in [1.807, 2.05) is 11.0 Å². The molecule has 1 heterocycles. The number of likely N-dealkylation sites (tertiary alicyclic amines) is 1. The molecule has 128 valence electrons. The van der Waals surface area contributed by atoms with E-state index in [0.29, 0.717) is 36.8 Å². The maximum atomic E-state index is 11.9. The van der Waals surface area contributed by atoms with Crippen molar-refractivity contribution in [1.82, 2.24) is 4.90 Å². The Kier molecular flexibility index (Phi) is 5.68. The van der Waals surface area contributed by atoms with Gasteiger partial charge in [0.15, 0.2) is 11.5 Å². The molecule has 1 aromatic carbocycles. The molecule has 1 saturated heterocycles. The van der Waals surface area contributed by atoms with Crippen LogP contribution in [0.5, 0.6) is 17.2 Å². The zero-order valence-electron chi connectivity index (χ0n) is 13.9. The van der Waals surface area contributed by atoms with E-state index in [4.69, 9.17) is 18.9 Å². The molecule has 1 fully saturated rings. The third-order valence-corrected chi connectivity index (χ3v) is 4.01. The second-order valence-electron chi connectivity index (χ2n) is 5.38. The lowest BCUT2D eigenvalue weighted by atomic mass is 10.1. The highest BCUT2D eigenvalue weighted by atomic mass is 16.5. The van der Waals surface area contributed by atoms with Crippen LogP contribution in [0.2, 0.25) is 0 Å². The number of rotatable bonds is 6. The first-order valence-electron chi connectivity index (χ1n) is 7.32. The highest BCUT2D eigenvalue weighted by Gasteiger charge is 2.37. The van der Waals surface area contributed by atoms with Crippen LogP contribution in [0.4, 0.5) is 0 Å². The van der Waals surface area contributed by atoms with Gasteiger partial charge in [0.1, 0.15) is 11.8 Å². The summed E-state index contributed by atoms with van der Waals surface area (Å²) < 4.78 is 20.8. The maximum absolute atomic E-state index is 11.9. The smallest absolute Gasteiger partial charge is 0.323 e. The zero-order chi connectivity index (χ0) is 17.0. The van der Waals surface area contributed by atoms with Crippen molar-refractivity contribution in [3.63, 3.8) is 0 Å². The molecule has 0 bridgehead atoms. The van der Waals surface area contributed by atoms with Gasteiger partial charge in [-0.05, 0) is 6.07 Å². The van der Waals surface area contributed by atoms with E-state index in [-0.39, 0.29) is 5.97 Å². The molecule has 0 spiro atoms. The summed E-state index contributed by atoms with van der Waals surface area (Å²) in [7, 11) is 6.04. The normalized spacial score (nSPS) is 21.1. The first kappa shape index (κ1) is 17.4. The summed E-state index contributed by atoms with van der Waals surface area (Å²) in [5.41, 5.74) is 0.841. The molecule has 0 amide bonds. The number of ether oxygens (including phenoxy) is 4. The van der Waals surface area contributed by atoms with Crippen molar-refractivity contribution in [1.29, 1.82) is 0 Å². The first-order valence-corrected chi connectivity index (χ1v) is 7.32. The lowest BCUT2D eigenvalue weighted by molar-refractivity contribution is -0.146. The number of β-amino-alcohol motifs (C(OH)–C–C–N with tert-alkyl or cyclic N) is 1. The average molecular weight is 325 g/mol. The van der Waals surface area contributed by atoms with Gasteiger partial charge in [-0.3, -0.25) is 9.69 Å². The van der Waals surface area contributed by atoms with Crippen molar-refractivity contribution < 1.29 is 28.8 Å². The minimum Gasteiger partial charge on any atom is -0.496 e. The van der Waals surface area contributed by atoms with Gasteiger partial charge < -0.3 is 24.1 Å². The number of carbonyl (C=O) groups is 1. The highest BCUT2D eigenvalue weighted by molar-refractivity contribution is 5.76. The molecule has 2 unspecified atom stereocenters. The van der Waals surface area contributed by atoms with Crippen LogP contribution >= 0.6 is 0 Å². The van der Waals surface area contributed by atoms with Gasteiger partial charge in [-0.1, -0.05) is 0 Å². The number of nitrogens with zero attached hydrogens (tertiary/aromatic N) is 1. The Hall–Kier alpha value is -1.99. The van der Waals surface area contributed by atoms with Crippen LogP contribution in [0.3, 0.4) is 0 Å². The Bertz CT molecular complexity index is 562. The summed E-state index contributed by atoms with van der Waals surface area (Å²) in [6.07, 6.45) is -0.187. The SMILES string of the molecule is COC(=O)C1CC(O)CN1Cc1cc(OC)c(OC)cc1OC. The quantitative estimate of drug-likeness (QED) is 0.776. The largest absolute Gasteiger partial charge is 0.496 e. The molecule has 1 aromatic rings. The molecule has 2 rings (SSSR count). The second-order valence-corrected chi connectivity index (χ2v) is 5.38. The molecule has 7 heteroatoms. The Morgan fingerprint density at radius 1 is 1.13 bits per heavy atom. The van der Waals surface area contributed by atoms with Gasteiger partial charge in [0, 0.05) is 31.1 Å². The lowest BCUT2D eigenvalue weighted by Crippen LogP contribution is -2.36. The van der Waals surface area contributed by atoms with Crippen LogP contribution in [0.25, 0.3) is 0 Å². The Labute approximate surface area is 135 Å². The van der Waals surface area contributed by atoms with E-state index < -0.39 is 12.1 Å². The summed E-state index contributed by atoms with van der Waals surface area (Å²) in [4.78, 5) is 13.8. The van der Waals surface area contributed by atoms with Crippen LogP contribution in [-0.4, -0.2) is 63.1 Å². The lowest BCUT2D eigenvalue weighted by Gasteiger charge is -2.23. The fourth-order valence-corrected chi connectivity index (χ4v) is 2.87. The number of hydrogen-bond donors (Lipinski definition) is 1. The van der Waals surface area contributed by atoms with Crippen LogP contribution < -0.4 is 14.2 Å². The van der Waals surface area contributed by atoms with Crippen molar-refractivity contribution in [2.45, 2.75) is 25.1 Å². The summed E-state index contributed by atoms with van der Waals surface area (Å²) >= 11 is 0. The third-order valence-electron chi connectivity index (χ3n) is 4.01. The van der Waals surface area contributed by atoms with E-state index in [1.165, 1.54) is 7.11 Å². The van der Waals surface area contributed by atoms with Gasteiger partial charge in [-0.25, -0.2) is 0 Å². The van der Waals surface area contributed by atoms with Crippen LogP contribution in [0.15, 0.2) is 12.1 Å². The van der Waals surface area contributed by atoms with Crippen LogP contribution in [-0.2, 0) is 16.1 Å². The van der Waals surface area contributed by atoms with Crippen molar-refractivity contribution in [2.75, 3.05) is 35.0 Å². The Morgan fingerprint density at radius 3 is 2.30 bits per heavy atom. The van der Waals surface area contributed by atoms with Crippen LogP contribution in [0, 0.1) is 0 Å². The minimum absolute atomic E-state index is 0.346. The predicted octanol–water partition coefficient (Wildman–Crippen LogP) is 0.821. The predicted molar refractivity (Wildman–Crippen MR) is 82.9 cm³/mol. The second kappa shape index (κ2) is 7.52. The fraction of sp³-hybridized carbons (Fsp3) is 0.562. The van der Waals surface area contributed by atoms with Crippen LogP contribution in [0.1, 0.15) is 12.0 Å². The van der Waals surface area contributed by atoms with Gasteiger partial charge in [-0.15, -0.1) is 0 Å². The molecular weight excluding hydrogens is 302 g/mol. The van der Waals surface area contributed by atoms with Crippen molar-refractivity contribution in [3.8, 4) is 17.2 Å². The molecular formula is C16H23NO6. The summed E-state index contributed by atoms with van der Waals surface area (Å²) in [6.45, 7) is 0.831. The van der Waals surface area contributed by atoms with Gasteiger partial charge in [0.25, 0.3) is 0 Å². The Morgan fingerprint density at radius 2 is 1.74 bits per heavy atom.